The van der Waals surface area contributed by atoms with E-state index in [1.165, 1.54) is 49.2 Å². The van der Waals surface area contributed by atoms with Gasteiger partial charge in [-0.15, -0.1) is 11.3 Å². The summed E-state index contributed by atoms with van der Waals surface area (Å²) in [5.41, 5.74) is 1.39. The Labute approximate surface area is 101 Å². The summed E-state index contributed by atoms with van der Waals surface area (Å²) in [5.74, 6) is 0.955. The van der Waals surface area contributed by atoms with Gasteiger partial charge in [0.25, 0.3) is 0 Å². The van der Waals surface area contributed by atoms with Gasteiger partial charge >= 0.3 is 0 Å². The van der Waals surface area contributed by atoms with E-state index in [1.807, 2.05) is 11.3 Å². The molecule has 2 atom stereocenters. The SMILES string of the molecule is CCCC1CC1NCc1nc2c(s1)CCC2. The third-order valence-electron chi connectivity index (χ3n) is 3.74. The molecule has 1 aromatic rings. The largest absolute Gasteiger partial charge is 0.307 e. The maximum atomic E-state index is 4.72. The molecule has 1 fully saturated rings. The van der Waals surface area contributed by atoms with Crippen LogP contribution in [0.25, 0.3) is 0 Å². The van der Waals surface area contributed by atoms with Gasteiger partial charge in [-0.1, -0.05) is 13.3 Å². The van der Waals surface area contributed by atoms with Crippen LogP contribution in [0.15, 0.2) is 0 Å². The Balaban J connectivity index is 1.48. The Hall–Kier alpha value is -0.410. The molecule has 2 nitrogen and oxygen atoms in total. The second-order valence-electron chi connectivity index (χ2n) is 5.10. The highest BCUT2D eigenvalue weighted by Crippen LogP contribution is 2.35. The zero-order chi connectivity index (χ0) is 11.0. The van der Waals surface area contributed by atoms with Gasteiger partial charge < -0.3 is 5.32 Å². The highest BCUT2D eigenvalue weighted by atomic mass is 32.1. The van der Waals surface area contributed by atoms with Crippen molar-refractivity contribution in [3.8, 4) is 0 Å². The monoisotopic (exact) mass is 236 g/mol. The summed E-state index contributed by atoms with van der Waals surface area (Å²) in [6.45, 7) is 3.28. The summed E-state index contributed by atoms with van der Waals surface area (Å²) in [4.78, 5) is 6.27. The van der Waals surface area contributed by atoms with E-state index in [0.717, 1.165) is 18.5 Å². The van der Waals surface area contributed by atoms with Gasteiger partial charge in [0, 0.05) is 17.5 Å². The maximum Gasteiger partial charge on any atom is 0.107 e. The van der Waals surface area contributed by atoms with Crippen LogP contribution in [0.2, 0.25) is 0 Å². The van der Waals surface area contributed by atoms with E-state index in [0.29, 0.717) is 0 Å². The lowest BCUT2D eigenvalue weighted by molar-refractivity contribution is 0.597. The van der Waals surface area contributed by atoms with Gasteiger partial charge in [0.1, 0.15) is 5.01 Å². The number of nitrogens with zero attached hydrogens (tertiary/aromatic N) is 1. The van der Waals surface area contributed by atoms with Crippen molar-refractivity contribution in [2.24, 2.45) is 5.92 Å². The summed E-state index contributed by atoms with van der Waals surface area (Å²) in [7, 11) is 0. The molecule has 0 spiro atoms. The predicted octanol–water partition coefficient (Wildman–Crippen LogP) is 2.91. The smallest absolute Gasteiger partial charge is 0.107 e. The Kier molecular flexibility index (Phi) is 2.99. The summed E-state index contributed by atoms with van der Waals surface area (Å²) >= 11 is 1.93. The first-order valence-corrected chi connectivity index (χ1v) is 7.39. The number of fused-ring (bicyclic) bond motifs is 1. The molecule has 1 N–H and O–H groups in total. The van der Waals surface area contributed by atoms with Gasteiger partial charge in [-0.3, -0.25) is 0 Å². The van der Waals surface area contributed by atoms with E-state index in [9.17, 15) is 0 Å². The van der Waals surface area contributed by atoms with E-state index < -0.39 is 0 Å². The Morgan fingerprint density at radius 3 is 3.19 bits per heavy atom. The average Bonchev–Trinajstić information content (AvgIpc) is 2.70. The van der Waals surface area contributed by atoms with Gasteiger partial charge in [-0.05, 0) is 38.0 Å². The zero-order valence-electron chi connectivity index (χ0n) is 9.96. The number of nitrogens with one attached hydrogen (secondary N) is 1. The molecule has 88 valence electrons. The van der Waals surface area contributed by atoms with E-state index in [2.05, 4.69) is 12.2 Å². The molecular weight excluding hydrogens is 216 g/mol. The van der Waals surface area contributed by atoms with Crippen LogP contribution in [-0.2, 0) is 19.4 Å². The second-order valence-corrected chi connectivity index (χ2v) is 6.27. The van der Waals surface area contributed by atoms with Crippen molar-refractivity contribution in [1.82, 2.24) is 10.3 Å². The second kappa shape index (κ2) is 4.46. The highest BCUT2D eigenvalue weighted by Gasteiger charge is 2.35. The molecule has 0 radical (unpaired) electrons. The summed E-state index contributed by atoms with van der Waals surface area (Å²) in [5, 5.41) is 4.96. The fourth-order valence-electron chi connectivity index (χ4n) is 2.73. The van der Waals surface area contributed by atoms with E-state index in [1.54, 1.807) is 4.88 Å². The minimum atomic E-state index is 0.790. The van der Waals surface area contributed by atoms with Crippen LogP contribution in [0.4, 0.5) is 0 Å². The lowest BCUT2D eigenvalue weighted by Gasteiger charge is -2.00. The van der Waals surface area contributed by atoms with Crippen molar-refractivity contribution in [1.29, 1.82) is 0 Å². The van der Waals surface area contributed by atoms with Crippen molar-refractivity contribution >= 4 is 11.3 Å². The van der Waals surface area contributed by atoms with E-state index in [-0.39, 0.29) is 0 Å². The normalized spacial score (nSPS) is 27.1. The van der Waals surface area contributed by atoms with Crippen LogP contribution < -0.4 is 5.32 Å². The van der Waals surface area contributed by atoms with E-state index >= 15 is 0 Å². The molecular formula is C13H20N2S. The van der Waals surface area contributed by atoms with Crippen molar-refractivity contribution in [2.45, 2.75) is 58.0 Å². The van der Waals surface area contributed by atoms with Crippen molar-refractivity contribution < 1.29 is 0 Å². The fraction of sp³-hybridized carbons (Fsp3) is 0.769. The van der Waals surface area contributed by atoms with Crippen molar-refractivity contribution in [3.63, 3.8) is 0 Å². The number of aryl methyl sites for hydroxylation is 2. The summed E-state index contributed by atoms with van der Waals surface area (Å²) < 4.78 is 0. The van der Waals surface area contributed by atoms with Crippen LogP contribution in [0, 0.1) is 5.92 Å². The van der Waals surface area contributed by atoms with Gasteiger partial charge in [0.05, 0.1) is 5.69 Å². The molecule has 0 aromatic carbocycles. The first kappa shape index (κ1) is 10.7. The Morgan fingerprint density at radius 1 is 1.44 bits per heavy atom. The summed E-state index contributed by atoms with van der Waals surface area (Å²) in [6, 6.07) is 0.790. The van der Waals surface area contributed by atoms with Gasteiger partial charge in [0.2, 0.25) is 0 Å². The molecule has 1 aromatic heterocycles. The number of rotatable bonds is 5. The van der Waals surface area contributed by atoms with Crippen molar-refractivity contribution in [3.05, 3.63) is 15.6 Å². The third kappa shape index (κ3) is 2.16. The standard InChI is InChI=1S/C13H20N2S/c1-2-4-9-7-11(9)14-8-13-15-10-5-3-6-12(10)16-13/h9,11,14H,2-8H2,1H3. The van der Waals surface area contributed by atoms with Gasteiger partial charge in [-0.25, -0.2) is 4.98 Å². The molecule has 3 heteroatoms. The molecule has 1 heterocycles. The number of aromatic nitrogens is 1. The lowest BCUT2D eigenvalue weighted by atomic mass is 10.2. The Bertz CT molecular complexity index is 351. The maximum absolute atomic E-state index is 4.72. The quantitative estimate of drug-likeness (QED) is 0.850. The molecule has 16 heavy (non-hydrogen) atoms. The summed E-state index contributed by atoms with van der Waals surface area (Å²) in [6.07, 6.45) is 7.92. The fourth-order valence-corrected chi connectivity index (χ4v) is 3.83. The Morgan fingerprint density at radius 2 is 2.38 bits per heavy atom. The van der Waals surface area contributed by atoms with Crippen LogP contribution in [-0.4, -0.2) is 11.0 Å². The topological polar surface area (TPSA) is 24.9 Å². The van der Waals surface area contributed by atoms with E-state index in [4.69, 9.17) is 4.98 Å². The van der Waals surface area contributed by atoms with Crippen molar-refractivity contribution in [2.75, 3.05) is 0 Å². The molecule has 2 unspecified atom stereocenters. The number of thiazole rings is 1. The lowest BCUT2D eigenvalue weighted by Crippen LogP contribution is -2.17. The number of hydrogen-bond donors (Lipinski definition) is 1. The minimum Gasteiger partial charge on any atom is -0.307 e. The molecule has 2 aliphatic rings. The third-order valence-corrected chi connectivity index (χ3v) is 4.89. The molecule has 3 rings (SSSR count). The molecule has 1 saturated carbocycles. The molecule has 2 aliphatic carbocycles. The first-order chi connectivity index (χ1) is 7.86. The van der Waals surface area contributed by atoms with Gasteiger partial charge in [0.15, 0.2) is 0 Å². The highest BCUT2D eigenvalue weighted by molar-refractivity contribution is 7.11. The van der Waals surface area contributed by atoms with Crippen LogP contribution in [0.3, 0.4) is 0 Å². The molecule has 0 amide bonds. The van der Waals surface area contributed by atoms with Crippen LogP contribution >= 0.6 is 11.3 Å². The number of hydrogen-bond acceptors (Lipinski definition) is 3. The molecule has 0 bridgehead atoms. The first-order valence-electron chi connectivity index (χ1n) is 6.57. The van der Waals surface area contributed by atoms with Gasteiger partial charge in [-0.2, -0.15) is 0 Å². The van der Waals surface area contributed by atoms with Crippen LogP contribution in [0.5, 0.6) is 0 Å². The predicted molar refractivity (Wildman–Crippen MR) is 67.8 cm³/mol. The average molecular weight is 236 g/mol. The molecule has 0 aliphatic heterocycles. The molecule has 0 saturated heterocycles. The van der Waals surface area contributed by atoms with Crippen LogP contribution in [0.1, 0.15) is 48.2 Å². The minimum absolute atomic E-state index is 0.790. The zero-order valence-corrected chi connectivity index (χ0v) is 10.8.